The molecule has 2 aromatic rings. The van der Waals surface area contributed by atoms with Gasteiger partial charge in [-0.05, 0) is 57.1 Å². The molecule has 0 radical (unpaired) electrons. The van der Waals surface area contributed by atoms with Crippen LogP contribution in [-0.4, -0.2) is 20.3 Å². The number of hydrogen-bond donors (Lipinski definition) is 4. The molecular weight excluding hydrogens is 439 g/mol. The largest absolute Gasteiger partial charge is 0.385 e. The summed E-state index contributed by atoms with van der Waals surface area (Å²) in [5.74, 6) is -0.564. The molecule has 0 saturated carbocycles. The maximum atomic E-state index is 13.1. The van der Waals surface area contributed by atoms with Gasteiger partial charge in [-0.25, -0.2) is 18.5 Å². The lowest BCUT2D eigenvalue weighted by Gasteiger charge is -2.20. The fourth-order valence-corrected chi connectivity index (χ4v) is 5.69. The van der Waals surface area contributed by atoms with Crippen molar-refractivity contribution in [2.24, 2.45) is 10.9 Å². The second-order valence-electron chi connectivity index (χ2n) is 9.06. The Balaban J connectivity index is 0.000000187. The van der Waals surface area contributed by atoms with Gasteiger partial charge in [0, 0.05) is 17.2 Å². The maximum absolute atomic E-state index is 13.1. The lowest BCUT2D eigenvalue weighted by Crippen LogP contribution is -2.22. The minimum atomic E-state index is -1.69. The topological polar surface area (TPSA) is 131 Å². The summed E-state index contributed by atoms with van der Waals surface area (Å²) in [7, 11) is -1.69. The molecule has 2 heterocycles. The smallest absolute Gasteiger partial charge is 0.316 e. The van der Waals surface area contributed by atoms with E-state index in [4.69, 9.17) is 15.9 Å². The zero-order valence-corrected chi connectivity index (χ0v) is 19.8. The van der Waals surface area contributed by atoms with E-state index in [2.05, 4.69) is 19.2 Å². The molecule has 7 nitrogen and oxygen atoms in total. The van der Waals surface area contributed by atoms with Crippen LogP contribution in [0, 0.1) is 5.82 Å². The number of nitrogens with two attached hydrogens (primary N) is 2. The van der Waals surface area contributed by atoms with Gasteiger partial charge in [0.15, 0.2) is 0 Å². The van der Waals surface area contributed by atoms with E-state index in [9.17, 15) is 18.5 Å². The van der Waals surface area contributed by atoms with E-state index in [1.54, 1.807) is 0 Å². The summed E-state index contributed by atoms with van der Waals surface area (Å²) >= 11 is 0.924. The summed E-state index contributed by atoms with van der Waals surface area (Å²) < 4.78 is 24.1. The number of carbonyl (C=O) groups is 1. The van der Waals surface area contributed by atoms with Gasteiger partial charge < -0.3 is 16.2 Å². The van der Waals surface area contributed by atoms with Crippen molar-refractivity contribution in [2.45, 2.75) is 75.0 Å². The molecule has 2 aliphatic rings. The number of anilines is 1. The summed E-state index contributed by atoms with van der Waals surface area (Å²) in [6.45, 7) is 7.37. The zero-order valence-electron chi connectivity index (χ0n) is 18.2. The number of thiophene rings is 1. The number of halogens is 1. The number of urea groups is 1. The average molecular weight is 469 g/mol. The van der Waals surface area contributed by atoms with E-state index in [1.165, 1.54) is 25.0 Å². The molecule has 0 aliphatic heterocycles. The highest BCUT2D eigenvalue weighted by atomic mass is 32.2. The first-order valence-electron chi connectivity index (χ1n) is 10.1. The molecule has 2 aromatic heterocycles. The minimum absolute atomic E-state index is 0.112. The van der Waals surface area contributed by atoms with E-state index in [-0.39, 0.29) is 14.5 Å². The van der Waals surface area contributed by atoms with Gasteiger partial charge in [0.2, 0.25) is 0 Å². The van der Waals surface area contributed by atoms with Crippen molar-refractivity contribution >= 4 is 34.0 Å². The molecule has 1 unspecified atom stereocenters. The Hall–Kier alpha value is -1.88. The second kappa shape index (κ2) is 8.57. The van der Waals surface area contributed by atoms with E-state index < -0.39 is 28.4 Å². The van der Waals surface area contributed by atoms with Crippen LogP contribution in [0.3, 0.4) is 0 Å². The van der Waals surface area contributed by atoms with Crippen LogP contribution < -0.4 is 16.2 Å². The normalized spacial score (nSPS) is 17.4. The van der Waals surface area contributed by atoms with Gasteiger partial charge >= 0.3 is 6.03 Å². The van der Waals surface area contributed by atoms with Gasteiger partial charge in [-0.1, -0.05) is 13.8 Å². The number of aliphatic hydroxyl groups is 1. The number of pyridine rings is 1. The molecule has 0 bridgehead atoms. The van der Waals surface area contributed by atoms with Crippen molar-refractivity contribution in [3.8, 4) is 0 Å². The number of fused-ring (bicyclic) bond motifs is 2. The number of hydrogen-bond acceptors (Lipinski definition) is 5. The maximum Gasteiger partial charge on any atom is 0.316 e. The quantitative estimate of drug-likeness (QED) is 0.550. The number of carbonyl (C=O) groups excluding carboxylic acids is 1. The summed E-state index contributed by atoms with van der Waals surface area (Å²) in [5.41, 5.74) is 9.87. The van der Waals surface area contributed by atoms with Gasteiger partial charge in [-0.15, -0.1) is 11.3 Å². The monoisotopic (exact) mass is 468 g/mol. The molecule has 1 atom stereocenters. The third-order valence-electron chi connectivity index (χ3n) is 5.63. The van der Waals surface area contributed by atoms with E-state index >= 15 is 0 Å². The van der Waals surface area contributed by atoms with E-state index in [0.29, 0.717) is 0 Å². The molecule has 4 rings (SSSR count). The third-order valence-corrected chi connectivity index (χ3v) is 8.11. The minimum Gasteiger partial charge on any atom is -0.385 e. The fourth-order valence-electron chi connectivity index (χ4n) is 4.12. The first-order chi connectivity index (χ1) is 14.3. The van der Waals surface area contributed by atoms with Crippen molar-refractivity contribution in [3.05, 3.63) is 39.3 Å². The first-order valence-corrected chi connectivity index (χ1v) is 12.1. The van der Waals surface area contributed by atoms with Gasteiger partial charge in [-0.2, -0.15) is 0 Å². The molecule has 0 aromatic carbocycles. The molecule has 2 aliphatic carbocycles. The van der Waals surface area contributed by atoms with Crippen LogP contribution in [0.1, 0.15) is 67.9 Å². The van der Waals surface area contributed by atoms with Crippen LogP contribution in [0.15, 0.2) is 10.3 Å². The van der Waals surface area contributed by atoms with Gasteiger partial charge in [0.05, 0.1) is 21.9 Å². The first kappa shape index (κ1) is 23.8. The van der Waals surface area contributed by atoms with Gasteiger partial charge in [-0.3, -0.25) is 4.98 Å². The molecule has 6 N–H and O–H groups in total. The molecule has 0 fully saturated rings. The highest BCUT2D eigenvalue weighted by Gasteiger charge is 2.36. The summed E-state index contributed by atoms with van der Waals surface area (Å²) in [4.78, 5) is 16.2. The summed E-state index contributed by atoms with van der Waals surface area (Å²) in [6.07, 6.45) is 5.22. The number of aromatic nitrogens is 1. The number of aryl methyl sites for hydroxylation is 1. The molecule has 31 heavy (non-hydrogen) atoms. The predicted molar refractivity (Wildman–Crippen MR) is 121 cm³/mol. The van der Waals surface area contributed by atoms with Crippen molar-refractivity contribution in [3.63, 3.8) is 0 Å². The Morgan fingerprint density at radius 1 is 1.32 bits per heavy atom. The Labute approximate surface area is 188 Å². The lowest BCUT2D eigenvalue weighted by molar-refractivity contribution is 0.0789. The lowest BCUT2D eigenvalue weighted by atomic mass is 9.90. The Morgan fingerprint density at radius 2 is 2.00 bits per heavy atom. The van der Waals surface area contributed by atoms with Crippen LogP contribution in [-0.2, 0) is 41.3 Å². The number of nitrogens with one attached hydrogen (secondary N) is 1. The third kappa shape index (κ3) is 4.97. The van der Waals surface area contributed by atoms with Crippen LogP contribution in [0.25, 0.3) is 0 Å². The van der Waals surface area contributed by atoms with Crippen LogP contribution in [0.4, 0.5) is 14.9 Å². The average Bonchev–Trinajstić information content (AvgIpc) is 3.32. The van der Waals surface area contributed by atoms with Crippen molar-refractivity contribution in [1.82, 2.24) is 4.98 Å². The highest BCUT2D eigenvalue weighted by molar-refractivity contribution is 7.85. The van der Waals surface area contributed by atoms with Crippen molar-refractivity contribution < 1.29 is 18.5 Å². The predicted octanol–water partition coefficient (Wildman–Crippen LogP) is 3.38. The summed E-state index contributed by atoms with van der Waals surface area (Å²) in [5, 5.41) is 17.4. The standard InChI is InChI=1S/C14H19N3O.C7H10FNO2S2/c1-14(2)7-6-9-11(17-13(15)18)8-4-3-5-10(8)16-12(9)14;1-7(2,10)6-4(8)3-5(12-6)13(9)11/h3-7H2,1-2H3,(H3,15,16,17,18);3,10H,9H2,1-2H3. The van der Waals surface area contributed by atoms with Crippen LogP contribution >= 0.6 is 11.3 Å². The molecule has 2 amide bonds. The molecule has 170 valence electrons. The van der Waals surface area contributed by atoms with E-state index in [0.717, 1.165) is 66.6 Å². The van der Waals surface area contributed by atoms with Crippen molar-refractivity contribution in [1.29, 1.82) is 0 Å². The fraction of sp³-hybridized carbons (Fsp3) is 0.524. The number of rotatable bonds is 3. The SMILES string of the molecule is CC(C)(O)c1sc(S(N)=O)cc1F.CC1(C)CCc2c1nc1c(c2NC(N)=O)CCC1. The number of primary amides is 1. The zero-order chi connectivity index (χ0) is 23.1. The number of amides is 2. The van der Waals surface area contributed by atoms with Crippen molar-refractivity contribution in [2.75, 3.05) is 5.32 Å². The molecule has 0 saturated heterocycles. The van der Waals surface area contributed by atoms with Gasteiger partial charge in [0.1, 0.15) is 21.0 Å². The van der Waals surface area contributed by atoms with Crippen LogP contribution in [0.5, 0.6) is 0 Å². The summed E-state index contributed by atoms with van der Waals surface area (Å²) in [6, 6.07) is 0.621. The van der Waals surface area contributed by atoms with Crippen LogP contribution in [0.2, 0.25) is 0 Å². The molecule has 0 spiro atoms. The highest BCUT2D eigenvalue weighted by Crippen LogP contribution is 2.44. The Morgan fingerprint density at radius 3 is 2.52 bits per heavy atom. The molecule has 10 heteroatoms. The van der Waals surface area contributed by atoms with Gasteiger partial charge in [0.25, 0.3) is 0 Å². The van der Waals surface area contributed by atoms with E-state index in [1.807, 2.05) is 0 Å². The Bertz CT molecular complexity index is 1040. The Kier molecular flexibility index (Phi) is 6.57. The second-order valence-corrected chi connectivity index (χ2v) is 11.4. The molecular formula is C21H29FN4O3S2. The number of nitrogens with zero attached hydrogens (tertiary/aromatic N) is 1.